The topological polar surface area (TPSA) is 76.8 Å². The number of hydrogen-bond donors (Lipinski definition) is 2. The number of carbonyl (C=O) groups is 1. The normalized spacial score (nSPS) is 10.6. The van der Waals surface area contributed by atoms with Crippen molar-refractivity contribution in [2.45, 2.75) is 6.42 Å². The molecule has 6 heteroatoms. The van der Waals surface area contributed by atoms with Crippen LogP contribution < -0.4 is 15.8 Å². The smallest absolute Gasteiger partial charge is 0.223 e. The lowest BCUT2D eigenvalue weighted by atomic mass is 10.3. The molecule has 0 saturated carbocycles. The zero-order valence-electron chi connectivity index (χ0n) is 12.8. The van der Waals surface area contributed by atoms with Crippen LogP contribution in [-0.4, -0.2) is 57.8 Å². The molecule has 1 aromatic carbocycles. The van der Waals surface area contributed by atoms with Crippen LogP contribution in [0.1, 0.15) is 6.42 Å². The first-order valence-corrected chi connectivity index (χ1v) is 7.04. The minimum atomic E-state index is -0.00872. The van der Waals surface area contributed by atoms with Crippen LogP contribution in [-0.2, 0) is 9.53 Å². The number of nitrogens with one attached hydrogen (secondary N) is 1. The number of ether oxygens (including phenoxy) is 2. The van der Waals surface area contributed by atoms with Gasteiger partial charge in [-0.1, -0.05) is 0 Å². The van der Waals surface area contributed by atoms with Crippen LogP contribution in [0.15, 0.2) is 24.3 Å². The summed E-state index contributed by atoms with van der Waals surface area (Å²) in [6.45, 7) is 3.33. The monoisotopic (exact) mass is 295 g/mol. The quantitative estimate of drug-likeness (QED) is 0.622. The number of nitrogens with zero attached hydrogens (tertiary/aromatic N) is 1. The number of nitrogens with two attached hydrogens (primary N) is 1. The van der Waals surface area contributed by atoms with E-state index in [1.165, 1.54) is 0 Å². The number of methoxy groups -OCH3 is 1. The summed E-state index contributed by atoms with van der Waals surface area (Å²) in [6.07, 6.45) is 0.339. The molecule has 118 valence electrons. The lowest BCUT2D eigenvalue weighted by Gasteiger charge is -2.16. The maximum Gasteiger partial charge on any atom is 0.223 e. The second-order valence-electron chi connectivity index (χ2n) is 4.81. The summed E-state index contributed by atoms with van der Waals surface area (Å²) in [5.41, 5.74) is 6.27. The van der Waals surface area contributed by atoms with E-state index >= 15 is 0 Å². The van der Waals surface area contributed by atoms with Gasteiger partial charge in [-0.3, -0.25) is 4.79 Å². The SMILES string of the molecule is COCCN(C)CCNC(=O)CCOc1ccc(N)cc1. The predicted molar refractivity (Wildman–Crippen MR) is 83.3 cm³/mol. The lowest BCUT2D eigenvalue weighted by Crippen LogP contribution is -2.34. The zero-order chi connectivity index (χ0) is 15.5. The van der Waals surface area contributed by atoms with Gasteiger partial charge in [0.15, 0.2) is 0 Å². The fourth-order valence-electron chi connectivity index (χ4n) is 1.66. The Kier molecular flexibility index (Phi) is 8.23. The van der Waals surface area contributed by atoms with E-state index in [0.717, 1.165) is 18.8 Å². The molecule has 0 saturated heterocycles. The van der Waals surface area contributed by atoms with E-state index in [2.05, 4.69) is 10.2 Å². The highest BCUT2D eigenvalue weighted by atomic mass is 16.5. The molecule has 1 aromatic rings. The molecular formula is C15H25N3O3. The maximum absolute atomic E-state index is 11.6. The number of benzene rings is 1. The highest BCUT2D eigenvalue weighted by Gasteiger charge is 2.03. The summed E-state index contributed by atoms with van der Waals surface area (Å²) in [4.78, 5) is 13.7. The van der Waals surface area contributed by atoms with Gasteiger partial charge in [0.2, 0.25) is 5.91 Å². The fraction of sp³-hybridized carbons (Fsp3) is 0.533. The summed E-state index contributed by atoms with van der Waals surface area (Å²) >= 11 is 0. The molecule has 0 fully saturated rings. The van der Waals surface area contributed by atoms with Gasteiger partial charge in [-0.25, -0.2) is 0 Å². The van der Waals surface area contributed by atoms with Crippen LogP contribution in [0.25, 0.3) is 0 Å². The van der Waals surface area contributed by atoms with Crippen molar-refractivity contribution in [1.82, 2.24) is 10.2 Å². The third kappa shape index (κ3) is 8.16. The number of anilines is 1. The molecule has 0 unspecified atom stereocenters. The molecule has 6 nitrogen and oxygen atoms in total. The third-order valence-corrected chi connectivity index (χ3v) is 2.97. The molecule has 0 bridgehead atoms. The molecule has 0 spiro atoms. The third-order valence-electron chi connectivity index (χ3n) is 2.97. The predicted octanol–water partition coefficient (Wildman–Crippen LogP) is 0.732. The van der Waals surface area contributed by atoms with Gasteiger partial charge in [-0.2, -0.15) is 0 Å². The number of nitrogen functional groups attached to an aromatic ring is 1. The van der Waals surface area contributed by atoms with E-state index in [9.17, 15) is 4.79 Å². The van der Waals surface area contributed by atoms with Gasteiger partial charge in [0.05, 0.1) is 19.6 Å². The minimum absolute atomic E-state index is 0.00872. The van der Waals surface area contributed by atoms with Crippen molar-refractivity contribution in [3.63, 3.8) is 0 Å². The van der Waals surface area contributed by atoms with Crippen molar-refractivity contribution in [3.8, 4) is 5.75 Å². The van der Waals surface area contributed by atoms with Crippen LogP contribution in [0.4, 0.5) is 5.69 Å². The van der Waals surface area contributed by atoms with Crippen molar-refractivity contribution < 1.29 is 14.3 Å². The van der Waals surface area contributed by atoms with Crippen molar-refractivity contribution in [2.24, 2.45) is 0 Å². The van der Waals surface area contributed by atoms with Crippen molar-refractivity contribution >= 4 is 11.6 Å². The Balaban J connectivity index is 2.07. The van der Waals surface area contributed by atoms with Gasteiger partial charge in [-0.15, -0.1) is 0 Å². The van der Waals surface area contributed by atoms with E-state index in [1.54, 1.807) is 31.4 Å². The zero-order valence-corrected chi connectivity index (χ0v) is 12.8. The molecule has 3 N–H and O–H groups in total. The number of carbonyl (C=O) groups excluding carboxylic acids is 1. The van der Waals surface area contributed by atoms with Crippen LogP contribution in [0, 0.1) is 0 Å². The average molecular weight is 295 g/mol. The average Bonchev–Trinajstić information content (AvgIpc) is 2.47. The Morgan fingerprint density at radius 1 is 1.24 bits per heavy atom. The standard InChI is InChI=1S/C15H25N3O3/c1-18(10-12-20-2)9-8-17-15(19)7-11-21-14-5-3-13(16)4-6-14/h3-6H,7-12,16H2,1-2H3,(H,17,19). The molecule has 0 aromatic heterocycles. The van der Waals surface area contributed by atoms with Gasteiger partial charge >= 0.3 is 0 Å². The first-order valence-electron chi connectivity index (χ1n) is 7.04. The molecule has 1 amide bonds. The van der Waals surface area contributed by atoms with Crippen LogP contribution in [0.2, 0.25) is 0 Å². The van der Waals surface area contributed by atoms with E-state index in [-0.39, 0.29) is 5.91 Å². The highest BCUT2D eigenvalue weighted by molar-refractivity contribution is 5.75. The number of rotatable bonds is 10. The molecular weight excluding hydrogens is 270 g/mol. The summed E-state index contributed by atoms with van der Waals surface area (Å²) < 4.78 is 10.5. The first-order chi connectivity index (χ1) is 10.1. The van der Waals surface area contributed by atoms with Gasteiger partial charge in [0.25, 0.3) is 0 Å². The molecule has 0 atom stereocenters. The largest absolute Gasteiger partial charge is 0.493 e. The Hall–Kier alpha value is -1.79. The summed E-state index contributed by atoms with van der Waals surface area (Å²) in [6, 6.07) is 7.12. The minimum Gasteiger partial charge on any atom is -0.493 e. The number of likely N-dealkylation sites (N-methyl/N-ethyl adjacent to an activating group) is 1. The number of amides is 1. The Labute approximate surface area is 126 Å². The summed E-state index contributed by atoms with van der Waals surface area (Å²) in [7, 11) is 3.67. The Morgan fingerprint density at radius 3 is 2.62 bits per heavy atom. The summed E-state index contributed by atoms with van der Waals surface area (Å²) in [5.74, 6) is 0.710. The molecule has 0 aliphatic rings. The second kappa shape index (κ2) is 10.0. The lowest BCUT2D eigenvalue weighted by molar-refractivity contribution is -0.121. The number of hydrogen-bond acceptors (Lipinski definition) is 5. The summed E-state index contributed by atoms with van der Waals surface area (Å²) in [5, 5.41) is 2.86. The van der Waals surface area contributed by atoms with E-state index in [1.807, 2.05) is 7.05 Å². The van der Waals surface area contributed by atoms with Gasteiger partial charge in [0, 0.05) is 32.4 Å². The molecule has 1 rings (SSSR count). The molecule has 0 heterocycles. The Morgan fingerprint density at radius 2 is 1.95 bits per heavy atom. The van der Waals surface area contributed by atoms with E-state index < -0.39 is 0 Å². The maximum atomic E-state index is 11.6. The van der Waals surface area contributed by atoms with Gasteiger partial charge in [-0.05, 0) is 31.3 Å². The van der Waals surface area contributed by atoms with Crippen LogP contribution in [0.5, 0.6) is 5.75 Å². The molecule has 0 radical (unpaired) electrons. The highest BCUT2D eigenvalue weighted by Crippen LogP contribution is 2.12. The van der Waals surface area contributed by atoms with Gasteiger partial charge < -0.3 is 25.4 Å². The van der Waals surface area contributed by atoms with Crippen LogP contribution >= 0.6 is 0 Å². The van der Waals surface area contributed by atoms with Crippen molar-refractivity contribution in [2.75, 3.05) is 52.7 Å². The first kappa shape index (κ1) is 17.3. The van der Waals surface area contributed by atoms with Crippen LogP contribution in [0.3, 0.4) is 0 Å². The van der Waals surface area contributed by atoms with E-state index in [0.29, 0.717) is 31.9 Å². The fourth-order valence-corrected chi connectivity index (χ4v) is 1.66. The van der Waals surface area contributed by atoms with E-state index in [4.69, 9.17) is 15.2 Å². The molecule has 0 aliphatic carbocycles. The van der Waals surface area contributed by atoms with Crippen molar-refractivity contribution in [1.29, 1.82) is 0 Å². The van der Waals surface area contributed by atoms with Gasteiger partial charge in [0.1, 0.15) is 5.75 Å². The second-order valence-corrected chi connectivity index (χ2v) is 4.81. The molecule has 21 heavy (non-hydrogen) atoms. The molecule has 0 aliphatic heterocycles. The van der Waals surface area contributed by atoms with Crippen molar-refractivity contribution in [3.05, 3.63) is 24.3 Å². The Bertz CT molecular complexity index is 409.